The number of rotatable bonds is 3. The molecule has 0 saturated heterocycles. The summed E-state index contributed by atoms with van der Waals surface area (Å²) in [6.07, 6.45) is -5.23. The molecular formula is C8H7F3N2O3. The van der Waals surface area contributed by atoms with E-state index in [0.29, 0.717) is 6.07 Å². The summed E-state index contributed by atoms with van der Waals surface area (Å²) >= 11 is 0. The lowest BCUT2D eigenvalue weighted by atomic mass is 10.2. The van der Waals surface area contributed by atoms with Crippen molar-refractivity contribution >= 4 is 11.8 Å². The maximum absolute atomic E-state index is 12.2. The Morgan fingerprint density at radius 3 is 2.44 bits per heavy atom. The van der Waals surface area contributed by atoms with Crippen LogP contribution in [0.5, 0.6) is 0 Å². The SMILES string of the molecule is Cn1nc(C(F)(F)F)cc1CC(=O)C(=O)O. The van der Waals surface area contributed by atoms with Crippen molar-refractivity contribution in [2.45, 2.75) is 12.6 Å². The van der Waals surface area contributed by atoms with Gasteiger partial charge < -0.3 is 5.11 Å². The Kier molecular flexibility index (Phi) is 3.02. The van der Waals surface area contributed by atoms with Crippen LogP contribution < -0.4 is 0 Å². The van der Waals surface area contributed by atoms with Crippen molar-refractivity contribution in [1.29, 1.82) is 0 Å². The number of nitrogens with zero attached hydrogens (tertiary/aromatic N) is 2. The second-order valence-corrected chi connectivity index (χ2v) is 3.05. The largest absolute Gasteiger partial charge is 0.475 e. The summed E-state index contributed by atoms with van der Waals surface area (Å²) in [5.74, 6) is -2.87. The molecule has 1 heterocycles. The van der Waals surface area contributed by atoms with Crippen molar-refractivity contribution in [3.63, 3.8) is 0 Å². The highest BCUT2D eigenvalue weighted by molar-refractivity contribution is 6.33. The lowest BCUT2D eigenvalue weighted by molar-refractivity contribution is -0.148. The van der Waals surface area contributed by atoms with Gasteiger partial charge in [-0.15, -0.1) is 0 Å². The molecule has 0 aliphatic carbocycles. The van der Waals surface area contributed by atoms with E-state index < -0.39 is 30.0 Å². The number of aliphatic carboxylic acids is 1. The average Bonchev–Trinajstić information content (AvgIpc) is 2.47. The van der Waals surface area contributed by atoms with Gasteiger partial charge >= 0.3 is 12.1 Å². The van der Waals surface area contributed by atoms with Crippen LogP contribution in [0.15, 0.2) is 6.07 Å². The topological polar surface area (TPSA) is 72.2 Å². The number of carboxylic acid groups (broad SMARTS) is 1. The van der Waals surface area contributed by atoms with Gasteiger partial charge in [0.25, 0.3) is 0 Å². The number of carboxylic acids is 1. The molecule has 0 radical (unpaired) electrons. The predicted molar refractivity (Wildman–Crippen MR) is 44.6 cm³/mol. The van der Waals surface area contributed by atoms with E-state index in [1.807, 2.05) is 0 Å². The van der Waals surface area contributed by atoms with E-state index in [-0.39, 0.29) is 5.69 Å². The molecular weight excluding hydrogens is 229 g/mol. The molecule has 1 aromatic rings. The molecule has 8 heteroatoms. The van der Waals surface area contributed by atoms with Gasteiger partial charge in [-0.2, -0.15) is 18.3 Å². The molecule has 5 nitrogen and oxygen atoms in total. The van der Waals surface area contributed by atoms with E-state index in [1.54, 1.807) is 0 Å². The Hall–Kier alpha value is -1.86. The fourth-order valence-corrected chi connectivity index (χ4v) is 1.05. The number of hydrogen-bond acceptors (Lipinski definition) is 3. The van der Waals surface area contributed by atoms with Gasteiger partial charge in [0.15, 0.2) is 5.69 Å². The van der Waals surface area contributed by atoms with Gasteiger partial charge in [0, 0.05) is 12.7 Å². The summed E-state index contributed by atoms with van der Waals surface area (Å²) in [4.78, 5) is 21.0. The van der Waals surface area contributed by atoms with Gasteiger partial charge in [-0.3, -0.25) is 9.48 Å². The van der Waals surface area contributed by atoms with E-state index in [9.17, 15) is 22.8 Å². The second kappa shape index (κ2) is 3.95. The number of alkyl halides is 3. The second-order valence-electron chi connectivity index (χ2n) is 3.05. The Morgan fingerprint density at radius 2 is 2.06 bits per heavy atom. The van der Waals surface area contributed by atoms with Gasteiger partial charge in [-0.05, 0) is 6.07 Å². The maximum Gasteiger partial charge on any atom is 0.435 e. The molecule has 0 aliphatic rings. The first-order valence-electron chi connectivity index (χ1n) is 4.08. The van der Waals surface area contributed by atoms with Crippen LogP contribution in [0.4, 0.5) is 13.2 Å². The van der Waals surface area contributed by atoms with Crippen molar-refractivity contribution in [3.8, 4) is 0 Å². The summed E-state index contributed by atoms with van der Waals surface area (Å²) in [6.45, 7) is 0. The molecule has 0 unspecified atom stereocenters. The number of Topliss-reactive ketones (excluding diaryl/α,β-unsaturated/α-hetero) is 1. The molecule has 0 aliphatic heterocycles. The standard InChI is InChI=1S/C8H7F3N2O3/c1-13-4(2-5(14)7(15)16)3-6(12-13)8(9,10)11/h3H,2H2,1H3,(H,15,16). The molecule has 0 aromatic carbocycles. The van der Waals surface area contributed by atoms with Crippen LogP contribution in [0.25, 0.3) is 0 Å². The number of ketones is 1. The smallest absolute Gasteiger partial charge is 0.435 e. The van der Waals surface area contributed by atoms with Crippen LogP contribution in [-0.2, 0) is 29.2 Å². The van der Waals surface area contributed by atoms with Crippen molar-refractivity contribution in [2.75, 3.05) is 0 Å². The molecule has 88 valence electrons. The molecule has 0 atom stereocenters. The normalized spacial score (nSPS) is 11.5. The van der Waals surface area contributed by atoms with Crippen molar-refractivity contribution in [1.82, 2.24) is 9.78 Å². The fraction of sp³-hybridized carbons (Fsp3) is 0.375. The first-order valence-corrected chi connectivity index (χ1v) is 4.08. The van der Waals surface area contributed by atoms with Gasteiger partial charge in [0.1, 0.15) is 0 Å². The minimum absolute atomic E-state index is 0.0975. The molecule has 1 rings (SSSR count). The third-order valence-corrected chi connectivity index (χ3v) is 1.85. The fourth-order valence-electron chi connectivity index (χ4n) is 1.05. The van der Waals surface area contributed by atoms with E-state index in [0.717, 1.165) is 4.68 Å². The minimum Gasteiger partial charge on any atom is -0.475 e. The molecule has 0 amide bonds. The van der Waals surface area contributed by atoms with Crippen LogP contribution in [0.3, 0.4) is 0 Å². The van der Waals surface area contributed by atoms with Gasteiger partial charge in [0.05, 0.1) is 6.42 Å². The Balaban J connectivity index is 2.95. The zero-order chi connectivity index (χ0) is 12.5. The van der Waals surface area contributed by atoms with Gasteiger partial charge in [-0.1, -0.05) is 0 Å². The summed E-state index contributed by atoms with van der Waals surface area (Å²) < 4.78 is 37.4. The average molecular weight is 236 g/mol. The minimum atomic E-state index is -4.61. The van der Waals surface area contributed by atoms with E-state index in [4.69, 9.17) is 5.11 Å². The third kappa shape index (κ3) is 2.59. The summed E-state index contributed by atoms with van der Waals surface area (Å²) in [6, 6.07) is 0.654. The van der Waals surface area contributed by atoms with Crippen molar-refractivity contribution in [3.05, 3.63) is 17.5 Å². The highest BCUT2D eigenvalue weighted by Crippen LogP contribution is 2.28. The summed E-state index contributed by atoms with van der Waals surface area (Å²) in [7, 11) is 1.21. The molecule has 16 heavy (non-hydrogen) atoms. The lowest BCUT2D eigenvalue weighted by Gasteiger charge is -1.99. The van der Waals surface area contributed by atoms with Crippen LogP contribution in [0.1, 0.15) is 11.4 Å². The summed E-state index contributed by atoms with van der Waals surface area (Å²) in [5, 5.41) is 11.4. The van der Waals surface area contributed by atoms with E-state index in [2.05, 4.69) is 5.10 Å². The zero-order valence-electron chi connectivity index (χ0n) is 8.08. The number of carbonyl (C=O) groups excluding carboxylic acids is 1. The van der Waals surface area contributed by atoms with Crippen molar-refractivity contribution in [2.24, 2.45) is 7.05 Å². The first-order chi connectivity index (χ1) is 7.21. The van der Waals surface area contributed by atoms with E-state index in [1.165, 1.54) is 7.05 Å². The highest BCUT2D eigenvalue weighted by atomic mass is 19.4. The molecule has 0 saturated carbocycles. The number of aryl methyl sites for hydroxylation is 1. The first kappa shape index (κ1) is 12.2. The van der Waals surface area contributed by atoms with Crippen LogP contribution in [0, 0.1) is 0 Å². The molecule has 0 spiro atoms. The van der Waals surface area contributed by atoms with E-state index >= 15 is 0 Å². The summed E-state index contributed by atoms with van der Waals surface area (Å²) in [5.41, 5.74) is -1.25. The number of carbonyl (C=O) groups is 2. The lowest BCUT2D eigenvalue weighted by Crippen LogP contribution is -2.16. The quantitative estimate of drug-likeness (QED) is 0.781. The Morgan fingerprint density at radius 1 is 1.50 bits per heavy atom. The highest BCUT2D eigenvalue weighted by Gasteiger charge is 2.34. The van der Waals surface area contributed by atoms with Crippen LogP contribution in [-0.4, -0.2) is 26.6 Å². The zero-order valence-corrected chi connectivity index (χ0v) is 8.08. The Labute approximate surface area is 87.5 Å². The maximum atomic E-state index is 12.2. The Bertz CT molecular complexity index is 436. The number of halogens is 3. The van der Waals surface area contributed by atoms with Gasteiger partial charge in [0.2, 0.25) is 5.78 Å². The molecule has 1 aromatic heterocycles. The van der Waals surface area contributed by atoms with Crippen LogP contribution in [0.2, 0.25) is 0 Å². The van der Waals surface area contributed by atoms with Gasteiger partial charge in [-0.25, -0.2) is 4.79 Å². The predicted octanol–water partition coefficient (Wildman–Crippen LogP) is 0.635. The molecule has 0 bridgehead atoms. The number of hydrogen-bond donors (Lipinski definition) is 1. The van der Waals surface area contributed by atoms with Crippen molar-refractivity contribution < 1.29 is 27.9 Å². The third-order valence-electron chi connectivity index (χ3n) is 1.85. The monoisotopic (exact) mass is 236 g/mol. The van der Waals surface area contributed by atoms with Crippen LogP contribution >= 0.6 is 0 Å². The molecule has 1 N–H and O–H groups in total. The number of aromatic nitrogens is 2. The molecule has 0 fully saturated rings.